The topological polar surface area (TPSA) is 325 Å². The van der Waals surface area contributed by atoms with Gasteiger partial charge in [-0.15, -0.1) is 0 Å². The quantitative estimate of drug-likeness (QED) is 0.0135. The van der Waals surface area contributed by atoms with Crippen molar-refractivity contribution < 1.29 is 76.7 Å². The van der Waals surface area contributed by atoms with E-state index in [0.717, 1.165) is 16.0 Å². The molecule has 0 unspecified atom stereocenters. The summed E-state index contributed by atoms with van der Waals surface area (Å²) in [6.45, 7) is 17.4. The number of methoxy groups -OCH3 is 2. The van der Waals surface area contributed by atoms with Crippen LogP contribution >= 0.6 is 39.1 Å². The molecule has 3 aliphatic heterocycles. The Bertz CT molecular complexity index is 3050. The van der Waals surface area contributed by atoms with E-state index in [0.29, 0.717) is 37.1 Å². The molecule has 0 aliphatic carbocycles. The van der Waals surface area contributed by atoms with Gasteiger partial charge in [-0.3, -0.25) is 29.3 Å². The lowest BCUT2D eigenvalue weighted by atomic mass is 9.83. The molecule has 3 heterocycles. The number of nitrogens with zero attached hydrogens (tertiary/aromatic N) is 2. The van der Waals surface area contributed by atoms with Gasteiger partial charge in [0, 0.05) is 63.1 Å². The number of likely N-dealkylation sites (N-methyl/N-ethyl adjacent to an activating group) is 1. The summed E-state index contributed by atoms with van der Waals surface area (Å²) in [5.41, 5.74) is 3.36. The van der Waals surface area contributed by atoms with E-state index >= 15 is 0 Å². The second-order valence-corrected chi connectivity index (χ2v) is 25.2. The normalized spacial score (nSPS) is 23.9. The van der Waals surface area contributed by atoms with Gasteiger partial charge in [0.15, 0.2) is 5.72 Å². The van der Waals surface area contributed by atoms with Gasteiger partial charge in [-0.05, 0) is 115 Å². The number of carbonyl (C=O) groups excluding carboxylic acids is 9. The summed E-state index contributed by atoms with van der Waals surface area (Å²) in [6, 6.07) is 3.15. The first kappa shape index (κ1) is 73.0. The summed E-state index contributed by atoms with van der Waals surface area (Å²) in [7, 11) is 5.71. The van der Waals surface area contributed by atoms with Crippen molar-refractivity contribution in [2.24, 2.45) is 17.6 Å². The zero-order valence-electron chi connectivity index (χ0n) is 52.5. The molecule has 0 aromatic heterocycles. The summed E-state index contributed by atoms with van der Waals surface area (Å²) in [5.74, 6) is -5.26. The molecule has 2 aromatic carbocycles. The van der Waals surface area contributed by atoms with Gasteiger partial charge in [0.1, 0.15) is 58.4 Å². The van der Waals surface area contributed by atoms with E-state index in [4.69, 9.17) is 57.4 Å². The number of amides is 8. The summed E-state index contributed by atoms with van der Waals surface area (Å²) in [6.07, 6.45) is 1.60. The number of ether oxygens (including phenoxy) is 6. The highest BCUT2D eigenvalue weighted by molar-refractivity contribution is 9.09. The SMILES string of the molecule is C=C(CBr)C(=O)OC(C)(C)CCCCC(=O)N[C@H](C(=O)N[C@@H](CCCNC(N)=O)C(=O)Nc1ccc(C(=O)N(C)[C@@H](C)C(=O)O[C@H]2CC(=O)N(C)c3cc(cc(OC)c3Cl)C/C(C)=C/C=C/[C@@H](OC)[C@@]3(O)C[C@H](OC(=O)N3)[C@@H](C)[C@@H]3O[C@@]23C)c(Cl)c1)C(C)C. The van der Waals surface area contributed by atoms with Crippen LogP contribution in [0.3, 0.4) is 0 Å². The number of benzene rings is 2. The highest BCUT2D eigenvalue weighted by Gasteiger charge is 2.64. The zero-order valence-corrected chi connectivity index (χ0v) is 55.6. The fourth-order valence-corrected chi connectivity index (χ4v) is 11.3. The highest BCUT2D eigenvalue weighted by atomic mass is 79.9. The summed E-state index contributed by atoms with van der Waals surface area (Å²) in [4.78, 5) is 123. The molecule has 0 saturated carbocycles. The Morgan fingerprint density at radius 2 is 1.73 bits per heavy atom. The van der Waals surface area contributed by atoms with Crippen LogP contribution in [-0.4, -0.2) is 163 Å². The maximum atomic E-state index is 14.5. The lowest BCUT2D eigenvalue weighted by Gasteiger charge is -2.42. The number of alkyl halides is 1. The third kappa shape index (κ3) is 19.6. The van der Waals surface area contributed by atoms with E-state index in [1.54, 1.807) is 65.8 Å². The maximum Gasteiger partial charge on any atom is 0.409 e. The second kappa shape index (κ2) is 31.8. The smallest absolute Gasteiger partial charge is 0.409 e. The monoisotopic (exact) mass is 1350 g/mol. The fourth-order valence-electron chi connectivity index (χ4n) is 10.5. The number of allylic oxidation sites excluding steroid dienone is 3. The summed E-state index contributed by atoms with van der Waals surface area (Å²) in [5, 5.41) is 25.4. The van der Waals surface area contributed by atoms with Crippen molar-refractivity contribution in [3.8, 4) is 5.75 Å². The van der Waals surface area contributed by atoms with Crippen LogP contribution in [0.15, 0.2) is 66.3 Å². The average molecular weight is 1350 g/mol. The van der Waals surface area contributed by atoms with E-state index < -0.39 is 131 Å². The van der Waals surface area contributed by atoms with Crippen molar-refractivity contribution in [1.82, 2.24) is 26.2 Å². The van der Waals surface area contributed by atoms with E-state index in [2.05, 4.69) is 49.1 Å². The molecule has 89 heavy (non-hydrogen) atoms. The highest BCUT2D eigenvalue weighted by Crippen LogP contribution is 2.49. The van der Waals surface area contributed by atoms with Gasteiger partial charge in [-0.1, -0.05) is 90.3 Å². The number of aliphatic hydroxyl groups is 1. The molecule has 3 aliphatic rings. The van der Waals surface area contributed by atoms with E-state index in [-0.39, 0.29) is 64.4 Å². The predicted octanol–water partition coefficient (Wildman–Crippen LogP) is 7.33. The van der Waals surface area contributed by atoms with Crippen LogP contribution in [0.1, 0.15) is 123 Å². The molecule has 24 nitrogen and oxygen atoms in total. The number of esters is 2. The molecule has 2 fully saturated rings. The van der Waals surface area contributed by atoms with Gasteiger partial charge in [0.25, 0.3) is 5.91 Å². The van der Waals surface area contributed by atoms with Crippen LogP contribution in [0, 0.1) is 11.8 Å². The number of alkyl carbamates (subject to hydrolysis) is 1. The molecule has 27 heteroatoms. The average Bonchev–Trinajstić information content (AvgIpc) is 1.59. The molecule has 0 spiro atoms. The van der Waals surface area contributed by atoms with Crippen LogP contribution in [-0.2, 0) is 58.9 Å². The van der Waals surface area contributed by atoms with Crippen LogP contribution in [0.2, 0.25) is 10.0 Å². The number of hydrogen-bond donors (Lipinski definition) is 7. The van der Waals surface area contributed by atoms with Gasteiger partial charge in [0.05, 0.1) is 35.9 Å². The molecular formula is C62H85BrCl2N8O16. The van der Waals surface area contributed by atoms with Crippen molar-refractivity contribution >= 4 is 104 Å². The zero-order chi connectivity index (χ0) is 66.5. The van der Waals surface area contributed by atoms with Crippen molar-refractivity contribution in [3.05, 3.63) is 87.5 Å². The second-order valence-electron chi connectivity index (χ2n) is 23.9. The third-order valence-corrected chi connectivity index (χ3v) is 17.4. The Labute approximate surface area is 538 Å². The number of unbranched alkanes of at least 4 members (excludes halogenated alkanes) is 1. The van der Waals surface area contributed by atoms with E-state index in [9.17, 15) is 48.3 Å². The summed E-state index contributed by atoms with van der Waals surface area (Å²) >= 11 is 16.8. The van der Waals surface area contributed by atoms with Crippen molar-refractivity contribution in [3.63, 3.8) is 0 Å². The van der Waals surface area contributed by atoms with Gasteiger partial charge in [0.2, 0.25) is 23.6 Å². The number of anilines is 2. The predicted molar refractivity (Wildman–Crippen MR) is 337 cm³/mol. The number of nitrogens with one attached hydrogen (secondary N) is 5. The lowest BCUT2D eigenvalue weighted by Crippen LogP contribution is -2.63. The van der Waals surface area contributed by atoms with E-state index in [1.165, 1.54) is 58.3 Å². The molecule has 2 saturated heterocycles. The number of primary amides is 1. The number of hydrogen-bond acceptors (Lipinski definition) is 16. The van der Waals surface area contributed by atoms with E-state index in [1.807, 2.05) is 13.0 Å². The maximum absolute atomic E-state index is 14.5. The molecule has 4 bridgehead atoms. The Balaban J connectivity index is 1.32. The standard InChI is InChI=1S/C62H85BrCl2N8O16/c1-33(2)51(70-48(74)21-14-15-24-60(7,8)89-56(79)35(4)32-63)54(77)69-42(19-17-25-67-58(66)81)53(76)68-39-22-23-40(41(64)29-39)55(78)72(10)37(6)57(80)87-47-30-49(75)73(11)43-27-38(28-44(84-12)50(43)65)26-34(3)18-16-20-46(85-13)62(83)31-45(86-59(82)71-62)36(5)52-61(47,9)88-52/h16,18,20,22-23,27-29,33,36-37,42,45-47,51-52,83H,4,14-15,17,19,21,24-26,30-32H2,1-3,5-13H3,(H,68,76)(H,69,77)(H,70,74)(H,71,82)(H3,66,67,81)/b20-16+,34-18+/t36-,37+,42+,45+,46-,47+,51+,52+,61+,62+/m1/s1. The molecular weight excluding hydrogens is 1260 g/mol. The largest absolute Gasteiger partial charge is 0.495 e. The molecule has 8 amide bonds. The Kier molecular flexibility index (Phi) is 26.1. The number of rotatable bonds is 24. The Hall–Kier alpha value is -6.77. The minimum absolute atomic E-state index is 0.0141. The number of fused-ring (bicyclic) bond motifs is 5. The molecule has 10 atom stereocenters. The molecule has 2 aromatic rings. The third-order valence-electron chi connectivity index (χ3n) is 16.0. The van der Waals surface area contributed by atoms with Crippen molar-refractivity contribution in [1.29, 1.82) is 0 Å². The van der Waals surface area contributed by atoms with Gasteiger partial charge in [-0.25, -0.2) is 19.2 Å². The summed E-state index contributed by atoms with van der Waals surface area (Å²) < 4.78 is 35.1. The fraction of sp³-hybridized carbons (Fsp3) is 0.565. The van der Waals surface area contributed by atoms with Crippen molar-refractivity contribution in [2.45, 2.75) is 173 Å². The lowest BCUT2D eigenvalue weighted by molar-refractivity contribution is -0.158. The number of carbonyl (C=O) groups is 9. The number of urea groups is 1. The molecule has 490 valence electrons. The first-order valence-corrected chi connectivity index (χ1v) is 31.1. The van der Waals surface area contributed by atoms with Crippen LogP contribution in [0.5, 0.6) is 5.75 Å². The first-order valence-electron chi connectivity index (χ1n) is 29.3. The molecule has 5 rings (SSSR count). The number of halogens is 3. The van der Waals surface area contributed by atoms with Gasteiger partial charge in [-0.2, -0.15) is 0 Å². The minimum Gasteiger partial charge on any atom is -0.495 e. The van der Waals surface area contributed by atoms with Gasteiger partial charge >= 0.3 is 24.1 Å². The number of nitrogens with two attached hydrogens (primary N) is 1. The van der Waals surface area contributed by atoms with Crippen LogP contribution in [0.4, 0.5) is 21.0 Å². The Morgan fingerprint density at radius 1 is 1.03 bits per heavy atom. The van der Waals surface area contributed by atoms with Crippen LogP contribution in [0.25, 0.3) is 0 Å². The minimum atomic E-state index is -1.93. The van der Waals surface area contributed by atoms with Crippen molar-refractivity contribution in [2.75, 3.05) is 50.4 Å². The van der Waals surface area contributed by atoms with Gasteiger partial charge < -0.3 is 70.3 Å². The first-order chi connectivity index (χ1) is 41.7. The molecule has 0 radical (unpaired) electrons. The van der Waals surface area contributed by atoms with Crippen LogP contribution < -0.4 is 42.0 Å². The Morgan fingerprint density at radius 3 is 2.36 bits per heavy atom. The number of epoxide rings is 1. The molecule has 8 N–H and O–H groups in total.